The Balaban J connectivity index is 1.52. The van der Waals surface area contributed by atoms with Gasteiger partial charge in [0.1, 0.15) is 18.0 Å². The molecule has 0 aromatic heterocycles. The zero-order valence-electron chi connectivity index (χ0n) is 17.6. The molecule has 4 rings (SSSR count). The fraction of sp³-hybridized carbons (Fsp3) is 0.417. The lowest BCUT2D eigenvalue weighted by Gasteiger charge is -2.33. The summed E-state index contributed by atoms with van der Waals surface area (Å²) in [5.74, 6) is -4.13. The SMILES string of the molecule is CCOC(=O)[C@@]1(F)[C@@H]2C[C@@H](OCc3ccc(F)cc3)[C@@](N)(C(=O)OCc3ccccc3)[C@@H]21. The first kappa shape index (κ1) is 22.4. The summed E-state index contributed by atoms with van der Waals surface area (Å²) in [7, 11) is 0. The van der Waals surface area contributed by atoms with E-state index in [2.05, 4.69) is 0 Å². The molecular formula is C24H25F2NO5. The number of carbonyl (C=O) groups excluding carboxylic acids is 2. The van der Waals surface area contributed by atoms with Gasteiger partial charge < -0.3 is 19.9 Å². The van der Waals surface area contributed by atoms with Crippen molar-refractivity contribution >= 4 is 11.9 Å². The first-order valence-electron chi connectivity index (χ1n) is 10.5. The summed E-state index contributed by atoms with van der Waals surface area (Å²) in [4.78, 5) is 25.4. The van der Waals surface area contributed by atoms with Crippen LogP contribution in [0.5, 0.6) is 0 Å². The molecule has 0 radical (unpaired) electrons. The van der Waals surface area contributed by atoms with E-state index in [-0.39, 0.29) is 32.1 Å². The average Bonchev–Trinajstić information content (AvgIpc) is 3.28. The van der Waals surface area contributed by atoms with Crippen molar-refractivity contribution in [3.63, 3.8) is 0 Å². The van der Waals surface area contributed by atoms with E-state index in [0.29, 0.717) is 5.56 Å². The number of carbonyl (C=O) groups is 2. The zero-order valence-corrected chi connectivity index (χ0v) is 17.6. The molecule has 2 fully saturated rings. The maximum Gasteiger partial charge on any atom is 0.344 e. The Bertz CT molecular complexity index is 986. The fourth-order valence-electron chi connectivity index (χ4n) is 4.65. The van der Waals surface area contributed by atoms with E-state index in [1.807, 2.05) is 6.07 Å². The molecule has 0 amide bonds. The summed E-state index contributed by atoms with van der Waals surface area (Å²) in [5, 5.41) is 0. The third-order valence-electron chi connectivity index (χ3n) is 6.32. The van der Waals surface area contributed by atoms with Gasteiger partial charge in [-0.25, -0.2) is 18.4 Å². The van der Waals surface area contributed by atoms with Crippen molar-refractivity contribution in [2.24, 2.45) is 17.6 Å². The molecule has 2 N–H and O–H groups in total. The number of fused-ring (bicyclic) bond motifs is 1. The Morgan fingerprint density at radius 3 is 2.31 bits per heavy atom. The van der Waals surface area contributed by atoms with Crippen molar-refractivity contribution in [3.05, 3.63) is 71.5 Å². The van der Waals surface area contributed by atoms with E-state index in [4.69, 9.17) is 19.9 Å². The van der Waals surface area contributed by atoms with E-state index in [9.17, 15) is 14.0 Å². The molecule has 0 spiro atoms. The first-order chi connectivity index (χ1) is 15.3. The molecule has 0 unspecified atom stereocenters. The minimum atomic E-state index is -2.34. The quantitative estimate of drug-likeness (QED) is 0.629. The lowest BCUT2D eigenvalue weighted by atomic mass is 9.87. The van der Waals surface area contributed by atoms with Crippen LogP contribution in [0.2, 0.25) is 0 Å². The number of hydrogen-bond acceptors (Lipinski definition) is 6. The van der Waals surface area contributed by atoms with Gasteiger partial charge in [-0.2, -0.15) is 0 Å². The van der Waals surface area contributed by atoms with Crippen molar-refractivity contribution in [1.82, 2.24) is 0 Å². The molecule has 6 nitrogen and oxygen atoms in total. The standard InChI is InChI=1S/C24H25F2NO5/c1-2-30-21(28)23(26)18-12-19(31-13-16-8-10-17(25)11-9-16)24(27,20(18)23)22(29)32-14-15-6-4-3-5-7-15/h3-11,18-20H,2,12-14,27H2,1H3/t18-,19-,20+,23-,24+/m1/s1. The minimum absolute atomic E-state index is 0.0183. The van der Waals surface area contributed by atoms with Crippen molar-refractivity contribution in [1.29, 1.82) is 0 Å². The third-order valence-corrected chi connectivity index (χ3v) is 6.32. The lowest BCUT2D eigenvalue weighted by molar-refractivity contribution is -0.164. The molecule has 2 saturated carbocycles. The molecule has 8 heteroatoms. The highest BCUT2D eigenvalue weighted by atomic mass is 19.1. The largest absolute Gasteiger partial charge is 0.464 e. The van der Waals surface area contributed by atoms with Crippen LogP contribution in [0.15, 0.2) is 54.6 Å². The van der Waals surface area contributed by atoms with Crippen molar-refractivity contribution in [3.8, 4) is 0 Å². The van der Waals surface area contributed by atoms with Crippen molar-refractivity contribution in [2.75, 3.05) is 6.61 Å². The van der Waals surface area contributed by atoms with Crippen LogP contribution in [0, 0.1) is 17.7 Å². The number of ether oxygens (including phenoxy) is 3. The van der Waals surface area contributed by atoms with Gasteiger partial charge in [0.25, 0.3) is 0 Å². The van der Waals surface area contributed by atoms with Crippen LogP contribution in [0.1, 0.15) is 24.5 Å². The molecule has 170 valence electrons. The Morgan fingerprint density at radius 1 is 1.00 bits per heavy atom. The summed E-state index contributed by atoms with van der Waals surface area (Å²) in [6.07, 6.45) is -0.804. The van der Waals surface area contributed by atoms with Crippen molar-refractivity contribution < 1.29 is 32.6 Å². The molecule has 0 aliphatic heterocycles. The fourth-order valence-corrected chi connectivity index (χ4v) is 4.65. The summed E-state index contributed by atoms with van der Waals surface area (Å²) in [6.45, 7) is 1.61. The van der Waals surface area contributed by atoms with E-state index in [1.165, 1.54) is 12.1 Å². The highest BCUT2D eigenvalue weighted by Crippen LogP contribution is 2.67. The minimum Gasteiger partial charge on any atom is -0.464 e. The predicted molar refractivity (Wildman–Crippen MR) is 110 cm³/mol. The molecule has 2 aliphatic rings. The van der Waals surface area contributed by atoms with Crippen molar-refractivity contribution in [2.45, 2.75) is 43.9 Å². The Hall–Kier alpha value is -2.84. The normalized spacial score (nSPS) is 30.4. The maximum absolute atomic E-state index is 15.5. The van der Waals surface area contributed by atoms with Gasteiger partial charge in [-0.15, -0.1) is 0 Å². The third kappa shape index (κ3) is 3.78. The smallest absolute Gasteiger partial charge is 0.344 e. The number of hydrogen-bond donors (Lipinski definition) is 1. The Kier molecular flexibility index (Phi) is 6.01. The van der Waals surface area contributed by atoms with E-state index < -0.39 is 41.1 Å². The number of esters is 2. The molecule has 0 bridgehead atoms. The monoisotopic (exact) mass is 445 g/mol. The molecule has 32 heavy (non-hydrogen) atoms. The molecule has 0 heterocycles. The number of halogens is 2. The van der Waals surface area contributed by atoms with Gasteiger partial charge in [-0.1, -0.05) is 42.5 Å². The summed E-state index contributed by atoms with van der Waals surface area (Å²) in [6, 6.07) is 14.7. The molecule has 2 aromatic carbocycles. The van der Waals surface area contributed by atoms with Crippen LogP contribution in [-0.2, 0) is 37.0 Å². The summed E-state index contributed by atoms with van der Waals surface area (Å²) < 4.78 is 44.9. The zero-order chi connectivity index (χ0) is 22.9. The summed E-state index contributed by atoms with van der Waals surface area (Å²) >= 11 is 0. The number of rotatable bonds is 8. The topological polar surface area (TPSA) is 87.9 Å². The van der Waals surface area contributed by atoms with Crippen LogP contribution in [0.25, 0.3) is 0 Å². The van der Waals surface area contributed by atoms with Gasteiger partial charge >= 0.3 is 11.9 Å². The molecule has 2 aromatic rings. The van der Waals surface area contributed by atoms with Gasteiger partial charge in [0.2, 0.25) is 5.67 Å². The molecule has 2 aliphatic carbocycles. The number of alkyl halides is 1. The van der Waals surface area contributed by atoms with Crippen LogP contribution in [0.3, 0.4) is 0 Å². The Morgan fingerprint density at radius 2 is 1.66 bits per heavy atom. The highest BCUT2D eigenvalue weighted by molar-refractivity contribution is 5.92. The van der Waals surface area contributed by atoms with Crippen LogP contribution < -0.4 is 5.73 Å². The van der Waals surface area contributed by atoms with Crippen LogP contribution >= 0.6 is 0 Å². The van der Waals surface area contributed by atoms with E-state index >= 15 is 4.39 Å². The highest BCUT2D eigenvalue weighted by Gasteiger charge is 2.85. The second-order valence-corrected chi connectivity index (χ2v) is 8.23. The predicted octanol–water partition coefficient (Wildman–Crippen LogP) is 3.07. The van der Waals surface area contributed by atoms with Crippen LogP contribution in [0.4, 0.5) is 8.78 Å². The molecule has 5 atom stereocenters. The van der Waals surface area contributed by atoms with Crippen LogP contribution in [-0.4, -0.2) is 35.9 Å². The van der Waals surface area contributed by atoms with Gasteiger partial charge in [0.05, 0.1) is 19.3 Å². The van der Waals surface area contributed by atoms with E-state index in [0.717, 1.165) is 5.56 Å². The number of nitrogens with two attached hydrogens (primary N) is 1. The second kappa shape index (κ2) is 8.60. The van der Waals surface area contributed by atoms with E-state index in [1.54, 1.807) is 43.3 Å². The molecular weight excluding hydrogens is 420 g/mol. The lowest BCUT2D eigenvalue weighted by Crippen LogP contribution is -2.61. The van der Waals surface area contributed by atoms with Gasteiger partial charge in [0, 0.05) is 11.8 Å². The van der Waals surface area contributed by atoms with Gasteiger partial charge in [0.15, 0.2) is 0 Å². The summed E-state index contributed by atoms with van der Waals surface area (Å²) in [5.41, 5.74) is 3.70. The Labute approximate surface area is 184 Å². The van der Waals surface area contributed by atoms with Gasteiger partial charge in [-0.05, 0) is 36.6 Å². The second-order valence-electron chi connectivity index (χ2n) is 8.23. The maximum atomic E-state index is 15.5. The number of benzene rings is 2. The molecule has 0 saturated heterocycles. The van der Waals surface area contributed by atoms with Gasteiger partial charge in [-0.3, -0.25) is 0 Å². The first-order valence-corrected chi connectivity index (χ1v) is 10.5. The average molecular weight is 445 g/mol.